The molecular formula is C16H16N2O2. The fourth-order valence-corrected chi connectivity index (χ4v) is 2.31. The summed E-state index contributed by atoms with van der Waals surface area (Å²) in [7, 11) is 0. The van der Waals surface area contributed by atoms with Gasteiger partial charge in [-0.1, -0.05) is 31.2 Å². The summed E-state index contributed by atoms with van der Waals surface area (Å²) in [4.78, 5) is 19.4. The van der Waals surface area contributed by atoms with Gasteiger partial charge < -0.3 is 5.11 Å². The van der Waals surface area contributed by atoms with Crippen molar-refractivity contribution in [2.75, 3.05) is 0 Å². The molecular weight excluding hydrogens is 252 g/mol. The van der Waals surface area contributed by atoms with Crippen LogP contribution in [0.25, 0.3) is 11.4 Å². The first-order chi connectivity index (χ1) is 9.49. The van der Waals surface area contributed by atoms with Crippen LogP contribution < -0.4 is 0 Å². The summed E-state index contributed by atoms with van der Waals surface area (Å²) in [6, 6.07) is 8.25. The van der Waals surface area contributed by atoms with Crippen molar-refractivity contribution >= 4 is 5.97 Å². The first kappa shape index (κ1) is 12.8. The molecule has 20 heavy (non-hydrogen) atoms. The number of hydrogen-bond acceptors (Lipinski definition) is 3. The van der Waals surface area contributed by atoms with Crippen molar-refractivity contribution in [1.29, 1.82) is 0 Å². The molecule has 1 aromatic heterocycles. The van der Waals surface area contributed by atoms with Crippen molar-refractivity contribution in [3.63, 3.8) is 0 Å². The second-order valence-electron chi connectivity index (χ2n) is 5.64. The van der Waals surface area contributed by atoms with Gasteiger partial charge >= 0.3 is 5.97 Å². The highest BCUT2D eigenvalue weighted by Gasteiger charge is 2.38. The average Bonchev–Trinajstić information content (AvgIpc) is 3.18. The van der Waals surface area contributed by atoms with Gasteiger partial charge in [0.25, 0.3) is 0 Å². The SMILES string of the molecule is Cc1nc(-c2ccc(C3(C)CC3)cc2)ncc1C(=O)O. The molecule has 4 heteroatoms. The van der Waals surface area contributed by atoms with Crippen molar-refractivity contribution in [3.05, 3.63) is 47.3 Å². The lowest BCUT2D eigenvalue weighted by Gasteiger charge is -2.09. The molecule has 1 aromatic carbocycles. The number of aromatic carboxylic acids is 1. The van der Waals surface area contributed by atoms with Crippen LogP contribution in [0.5, 0.6) is 0 Å². The Balaban J connectivity index is 1.93. The number of hydrogen-bond donors (Lipinski definition) is 1. The maximum Gasteiger partial charge on any atom is 0.339 e. The second-order valence-corrected chi connectivity index (χ2v) is 5.64. The predicted molar refractivity (Wildman–Crippen MR) is 75.8 cm³/mol. The Bertz CT molecular complexity index is 673. The zero-order valence-electron chi connectivity index (χ0n) is 11.6. The Morgan fingerprint density at radius 2 is 1.90 bits per heavy atom. The minimum absolute atomic E-state index is 0.149. The van der Waals surface area contributed by atoms with Gasteiger partial charge in [0, 0.05) is 11.8 Å². The Kier molecular flexibility index (Phi) is 2.82. The molecule has 0 bridgehead atoms. The van der Waals surface area contributed by atoms with Gasteiger partial charge in [0.1, 0.15) is 0 Å². The molecule has 0 unspecified atom stereocenters. The van der Waals surface area contributed by atoms with Crippen LogP contribution in [0.3, 0.4) is 0 Å². The highest BCUT2D eigenvalue weighted by atomic mass is 16.4. The summed E-state index contributed by atoms with van der Waals surface area (Å²) in [5, 5.41) is 8.98. The van der Waals surface area contributed by atoms with Gasteiger partial charge in [-0.3, -0.25) is 0 Å². The van der Waals surface area contributed by atoms with E-state index in [-0.39, 0.29) is 5.56 Å². The predicted octanol–water partition coefficient (Wildman–Crippen LogP) is 3.20. The summed E-state index contributed by atoms with van der Waals surface area (Å²) < 4.78 is 0. The fourth-order valence-electron chi connectivity index (χ4n) is 2.31. The summed E-state index contributed by atoms with van der Waals surface area (Å²) in [5.74, 6) is -0.425. The van der Waals surface area contributed by atoms with E-state index in [2.05, 4.69) is 29.0 Å². The van der Waals surface area contributed by atoms with Crippen LogP contribution in [0, 0.1) is 6.92 Å². The lowest BCUT2D eigenvalue weighted by molar-refractivity contribution is 0.0695. The number of carboxylic acid groups (broad SMARTS) is 1. The molecule has 3 rings (SSSR count). The van der Waals surface area contributed by atoms with Gasteiger partial charge in [0.2, 0.25) is 0 Å². The van der Waals surface area contributed by atoms with Gasteiger partial charge in [-0.15, -0.1) is 0 Å². The van der Waals surface area contributed by atoms with Gasteiger partial charge in [-0.05, 0) is 30.7 Å². The topological polar surface area (TPSA) is 63.1 Å². The molecule has 1 aliphatic rings. The number of nitrogens with zero attached hydrogens (tertiary/aromatic N) is 2. The number of rotatable bonds is 3. The highest BCUT2D eigenvalue weighted by molar-refractivity contribution is 5.88. The molecule has 0 amide bonds. The molecule has 1 heterocycles. The Labute approximate surface area is 117 Å². The van der Waals surface area contributed by atoms with Crippen molar-refractivity contribution in [2.24, 2.45) is 0 Å². The van der Waals surface area contributed by atoms with Gasteiger partial charge in [-0.2, -0.15) is 0 Å². The monoisotopic (exact) mass is 268 g/mol. The molecule has 1 aliphatic carbocycles. The van der Waals surface area contributed by atoms with E-state index in [0.717, 1.165) is 5.56 Å². The largest absolute Gasteiger partial charge is 0.478 e. The van der Waals surface area contributed by atoms with Gasteiger partial charge in [0.05, 0.1) is 11.3 Å². The van der Waals surface area contributed by atoms with Crippen LogP contribution in [0.2, 0.25) is 0 Å². The molecule has 0 saturated heterocycles. The lowest BCUT2D eigenvalue weighted by atomic mass is 9.97. The Hall–Kier alpha value is -2.23. The van der Waals surface area contributed by atoms with Crippen molar-refractivity contribution in [3.8, 4) is 11.4 Å². The van der Waals surface area contributed by atoms with E-state index in [1.807, 2.05) is 12.1 Å². The molecule has 1 saturated carbocycles. The van der Waals surface area contributed by atoms with Crippen LogP contribution in [0.4, 0.5) is 0 Å². The fraction of sp³-hybridized carbons (Fsp3) is 0.312. The molecule has 0 spiro atoms. The van der Waals surface area contributed by atoms with Crippen LogP contribution in [0.15, 0.2) is 30.5 Å². The first-order valence-corrected chi connectivity index (χ1v) is 6.67. The standard InChI is InChI=1S/C16H16N2O2/c1-10-13(15(19)20)9-17-14(18-10)11-3-5-12(6-4-11)16(2)7-8-16/h3-6,9H,7-8H2,1-2H3,(H,19,20). The van der Waals surface area contributed by atoms with E-state index in [4.69, 9.17) is 5.11 Å². The van der Waals surface area contributed by atoms with Crippen molar-refractivity contribution in [2.45, 2.75) is 32.1 Å². The normalized spacial score (nSPS) is 15.9. The van der Waals surface area contributed by atoms with Crippen LogP contribution in [-0.2, 0) is 5.41 Å². The summed E-state index contributed by atoms with van der Waals surface area (Å²) >= 11 is 0. The van der Waals surface area contributed by atoms with E-state index in [1.54, 1.807) is 6.92 Å². The molecule has 0 aliphatic heterocycles. The molecule has 102 valence electrons. The smallest absolute Gasteiger partial charge is 0.339 e. The number of benzene rings is 1. The van der Waals surface area contributed by atoms with E-state index in [0.29, 0.717) is 16.9 Å². The highest BCUT2D eigenvalue weighted by Crippen LogP contribution is 2.47. The Morgan fingerprint density at radius 1 is 1.25 bits per heavy atom. The number of carbonyl (C=O) groups is 1. The zero-order valence-corrected chi connectivity index (χ0v) is 11.6. The number of aromatic nitrogens is 2. The third-order valence-electron chi connectivity index (χ3n) is 4.05. The zero-order chi connectivity index (χ0) is 14.3. The molecule has 0 atom stereocenters. The minimum atomic E-state index is -0.994. The summed E-state index contributed by atoms with van der Waals surface area (Å²) in [6.07, 6.45) is 3.86. The summed E-state index contributed by atoms with van der Waals surface area (Å²) in [6.45, 7) is 3.96. The minimum Gasteiger partial charge on any atom is -0.478 e. The average molecular weight is 268 g/mol. The summed E-state index contributed by atoms with van der Waals surface area (Å²) in [5.41, 5.74) is 3.25. The van der Waals surface area contributed by atoms with Crippen LogP contribution in [0.1, 0.15) is 41.4 Å². The van der Waals surface area contributed by atoms with E-state index >= 15 is 0 Å². The lowest BCUT2D eigenvalue weighted by Crippen LogP contribution is -2.04. The van der Waals surface area contributed by atoms with E-state index in [9.17, 15) is 4.79 Å². The molecule has 2 aromatic rings. The second kappa shape index (κ2) is 4.40. The van der Waals surface area contributed by atoms with E-state index in [1.165, 1.54) is 24.6 Å². The third kappa shape index (κ3) is 2.18. The molecule has 4 nitrogen and oxygen atoms in total. The van der Waals surface area contributed by atoms with E-state index < -0.39 is 5.97 Å². The quantitative estimate of drug-likeness (QED) is 0.928. The maximum absolute atomic E-state index is 11.0. The maximum atomic E-state index is 11.0. The van der Waals surface area contributed by atoms with Crippen LogP contribution >= 0.6 is 0 Å². The van der Waals surface area contributed by atoms with Crippen molar-refractivity contribution in [1.82, 2.24) is 9.97 Å². The van der Waals surface area contributed by atoms with Gasteiger partial charge in [-0.25, -0.2) is 14.8 Å². The van der Waals surface area contributed by atoms with Gasteiger partial charge in [0.15, 0.2) is 5.82 Å². The molecule has 1 fully saturated rings. The molecule has 1 N–H and O–H groups in total. The van der Waals surface area contributed by atoms with Crippen molar-refractivity contribution < 1.29 is 9.90 Å². The third-order valence-corrected chi connectivity index (χ3v) is 4.05. The number of aryl methyl sites for hydroxylation is 1. The van der Waals surface area contributed by atoms with Crippen LogP contribution in [-0.4, -0.2) is 21.0 Å². The number of carboxylic acids is 1. The first-order valence-electron chi connectivity index (χ1n) is 6.67. The Morgan fingerprint density at radius 3 is 2.40 bits per heavy atom. The molecule has 0 radical (unpaired) electrons.